The summed E-state index contributed by atoms with van der Waals surface area (Å²) in [5, 5.41) is 9.44. The van der Waals surface area contributed by atoms with E-state index in [-0.39, 0.29) is 4.90 Å². The third-order valence-corrected chi connectivity index (χ3v) is 5.06. The maximum atomic E-state index is 11.4. The molecule has 8 nitrogen and oxygen atoms in total. The molecule has 0 fully saturated rings. The van der Waals surface area contributed by atoms with Crippen molar-refractivity contribution in [1.82, 2.24) is 9.97 Å². The highest BCUT2D eigenvalue weighted by atomic mass is 32.2. The fraction of sp³-hybridized carbons (Fsp3) is 0. The van der Waals surface area contributed by atoms with Crippen LogP contribution < -0.4 is 16.0 Å². The van der Waals surface area contributed by atoms with Gasteiger partial charge in [0.15, 0.2) is 0 Å². The van der Waals surface area contributed by atoms with E-state index in [1.165, 1.54) is 18.2 Å². The first-order chi connectivity index (χ1) is 15.0. The molecule has 1 aromatic heterocycles. The van der Waals surface area contributed by atoms with Crippen molar-refractivity contribution in [2.24, 2.45) is 0 Å². The van der Waals surface area contributed by atoms with Gasteiger partial charge in [0.25, 0.3) is 10.1 Å². The summed E-state index contributed by atoms with van der Waals surface area (Å²) in [6.07, 6.45) is 0. The molecule has 1 heterocycles. The number of hydrogen-bond donors (Lipinski definition) is 4. The van der Waals surface area contributed by atoms with Crippen molar-refractivity contribution in [3.8, 4) is 0 Å². The van der Waals surface area contributed by atoms with Crippen molar-refractivity contribution < 1.29 is 13.0 Å². The van der Waals surface area contributed by atoms with Gasteiger partial charge in [-0.25, -0.2) is 0 Å². The molecule has 156 valence electrons. The topological polar surface area (TPSA) is 116 Å². The Morgan fingerprint density at radius 1 is 0.613 bits per heavy atom. The highest BCUT2D eigenvalue weighted by Gasteiger charge is 2.11. The van der Waals surface area contributed by atoms with Gasteiger partial charge < -0.3 is 16.0 Å². The van der Waals surface area contributed by atoms with E-state index in [1.807, 2.05) is 60.7 Å². The van der Waals surface area contributed by atoms with Gasteiger partial charge in [0, 0.05) is 23.1 Å². The Balaban J connectivity index is 1.67. The van der Waals surface area contributed by atoms with E-state index < -0.39 is 10.1 Å². The van der Waals surface area contributed by atoms with Gasteiger partial charge in [0.2, 0.25) is 5.95 Å². The maximum Gasteiger partial charge on any atom is 0.294 e. The van der Waals surface area contributed by atoms with Gasteiger partial charge in [0.05, 0.1) is 4.90 Å². The van der Waals surface area contributed by atoms with Crippen LogP contribution in [0.15, 0.2) is 95.9 Å². The molecule has 0 aliphatic heterocycles. The lowest BCUT2D eigenvalue weighted by Crippen LogP contribution is -2.05. The molecule has 31 heavy (non-hydrogen) atoms. The third-order valence-electron chi connectivity index (χ3n) is 4.21. The standard InChI is InChI=1S/C22H19N5O3S/c28-31(29,30)19-13-7-12-18(14-19)24-21-15-20(23-16-8-3-1-4-9-16)26-22(27-21)25-17-10-5-2-6-11-17/h1-15H,(H,28,29,30)(H3,23,24,25,26,27). The van der Waals surface area contributed by atoms with Crippen LogP contribution in [0.2, 0.25) is 0 Å². The van der Waals surface area contributed by atoms with Crippen molar-refractivity contribution >= 4 is 44.8 Å². The molecule has 0 spiro atoms. The zero-order valence-corrected chi connectivity index (χ0v) is 17.0. The Labute approximate surface area is 179 Å². The third kappa shape index (κ3) is 5.56. The maximum absolute atomic E-state index is 11.4. The van der Waals surface area contributed by atoms with Crippen LogP contribution in [0.25, 0.3) is 0 Å². The van der Waals surface area contributed by atoms with Crippen molar-refractivity contribution in [2.75, 3.05) is 16.0 Å². The number of rotatable bonds is 7. The lowest BCUT2D eigenvalue weighted by molar-refractivity contribution is 0.483. The Kier molecular flexibility index (Phi) is 5.78. The van der Waals surface area contributed by atoms with Crippen molar-refractivity contribution in [1.29, 1.82) is 0 Å². The summed E-state index contributed by atoms with van der Waals surface area (Å²) in [7, 11) is -4.31. The number of nitrogens with zero attached hydrogens (tertiary/aromatic N) is 2. The minimum absolute atomic E-state index is 0.211. The van der Waals surface area contributed by atoms with Crippen LogP contribution in [0.5, 0.6) is 0 Å². The van der Waals surface area contributed by atoms with Crippen molar-refractivity contribution in [3.05, 3.63) is 91.0 Å². The summed E-state index contributed by atoms with van der Waals surface area (Å²) in [6, 6.07) is 26.6. The SMILES string of the molecule is O=S(=O)(O)c1cccc(Nc2cc(Nc3ccccc3)nc(Nc3ccccc3)n2)c1. The summed E-state index contributed by atoms with van der Waals surface area (Å²) >= 11 is 0. The normalized spacial score (nSPS) is 11.0. The lowest BCUT2D eigenvalue weighted by atomic mass is 10.3. The van der Waals surface area contributed by atoms with Gasteiger partial charge in [-0.05, 0) is 42.5 Å². The van der Waals surface area contributed by atoms with Crippen LogP contribution >= 0.6 is 0 Å². The number of anilines is 6. The van der Waals surface area contributed by atoms with Gasteiger partial charge in [0.1, 0.15) is 11.6 Å². The number of aromatic nitrogens is 2. The Bertz CT molecular complexity index is 1220. The Hall–Kier alpha value is -3.95. The fourth-order valence-electron chi connectivity index (χ4n) is 2.83. The van der Waals surface area contributed by atoms with Crippen LogP contribution in [0, 0.1) is 0 Å². The van der Waals surface area contributed by atoms with Gasteiger partial charge in [-0.3, -0.25) is 4.55 Å². The van der Waals surface area contributed by atoms with E-state index in [0.717, 1.165) is 11.4 Å². The van der Waals surface area contributed by atoms with Crippen molar-refractivity contribution in [3.63, 3.8) is 0 Å². The molecular weight excluding hydrogens is 414 g/mol. The van der Waals surface area contributed by atoms with Gasteiger partial charge >= 0.3 is 0 Å². The first-order valence-electron chi connectivity index (χ1n) is 9.33. The van der Waals surface area contributed by atoms with Crippen LogP contribution in [0.1, 0.15) is 0 Å². The molecule has 0 saturated heterocycles. The largest absolute Gasteiger partial charge is 0.340 e. The molecular formula is C22H19N5O3S. The highest BCUT2D eigenvalue weighted by Crippen LogP contribution is 2.24. The van der Waals surface area contributed by atoms with Crippen LogP contribution in [0.3, 0.4) is 0 Å². The summed E-state index contributed by atoms with van der Waals surface area (Å²) < 4.78 is 32.2. The fourth-order valence-corrected chi connectivity index (χ4v) is 3.36. The van der Waals surface area contributed by atoms with Crippen LogP contribution in [-0.4, -0.2) is 22.9 Å². The summed E-state index contributed by atoms with van der Waals surface area (Å²) in [4.78, 5) is 8.77. The van der Waals surface area contributed by atoms with E-state index in [1.54, 1.807) is 12.1 Å². The van der Waals surface area contributed by atoms with Gasteiger partial charge in [-0.2, -0.15) is 18.4 Å². The molecule has 9 heteroatoms. The summed E-state index contributed by atoms with van der Waals surface area (Å²) in [6.45, 7) is 0. The van der Waals surface area contributed by atoms with Crippen molar-refractivity contribution in [2.45, 2.75) is 4.90 Å². The predicted molar refractivity (Wildman–Crippen MR) is 121 cm³/mol. The van der Waals surface area contributed by atoms with E-state index in [2.05, 4.69) is 25.9 Å². The second-order valence-electron chi connectivity index (χ2n) is 6.57. The molecule has 3 aromatic carbocycles. The molecule has 4 N–H and O–H groups in total. The molecule has 4 aromatic rings. The number of hydrogen-bond acceptors (Lipinski definition) is 7. The number of nitrogens with one attached hydrogen (secondary N) is 3. The monoisotopic (exact) mass is 433 g/mol. The molecule has 0 aliphatic carbocycles. The van der Waals surface area contributed by atoms with E-state index in [9.17, 15) is 13.0 Å². The second-order valence-corrected chi connectivity index (χ2v) is 7.99. The van der Waals surface area contributed by atoms with E-state index in [4.69, 9.17) is 0 Å². The van der Waals surface area contributed by atoms with E-state index in [0.29, 0.717) is 23.3 Å². The molecule has 0 unspecified atom stereocenters. The average molecular weight is 433 g/mol. The number of para-hydroxylation sites is 2. The zero-order valence-electron chi connectivity index (χ0n) is 16.2. The summed E-state index contributed by atoms with van der Waals surface area (Å²) in [5.41, 5.74) is 2.12. The quantitative estimate of drug-likeness (QED) is 0.302. The summed E-state index contributed by atoms with van der Waals surface area (Å²) in [5.74, 6) is 1.31. The zero-order chi connectivity index (χ0) is 21.7. The molecule has 0 bridgehead atoms. The molecule has 4 rings (SSSR count). The first-order valence-corrected chi connectivity index (χ1v) is 10.8. The highest BCUT2D eigenvalue weighted by molar-refractivity contribution is 7.85. The molecule has 0 aliphatic rings. The molecule has 0 radical (unpaired) electrons. The first kappa shape index (κ1) is 20.3. The van der Waals surface area contributed by atoms with Crippen LogP contribution in [-0.2, 0) is 10.1 Å². The van der Waals surface area contributed by atoms with Gasteiger partial charge in [-0.1, -0.05) is 42.5 Å². The molecule has 0 saturated carbocycles. The number of benzene rings is 3. The predicted octanol–water partition coefficient (Wildman–Crippen LogP) is 4.95. The second kappa shape index (κ2) is 8.82. The minimum atomic E-state index is -4.31. The Morgan fingerprint density at radius 2 is 1.13 bits per heavy atom. The van der Waals surface area contributed by atoms with E-state index >= 15 is 0 Å². The van der Waals surface area contributed by atoms with Gasteiger partial charge in [-0.15, -0.1) is 0 Å². The lowest BCUT2D eigenvalue weighted by Gasteiger charge is -2.13. The molecule has 0 amide bonds. The average Bonchev–Trinajstić information content (AvgIpc) is 2.75. The minimum Gasteiger partial charge on any atom is -0.340 e. The van der Waals surface area contributed by atoms with Crippen LogP contribution in [0.4, 0.5) is 34.6 Å². The Morgan fingerprint density at radius 3 is 1.71 bits per heavy atom. The smallest absolute Gasteiger partial charge is 0.294 e. The molecule has 0 atom stereocenters.